The summed E-state index contributed by atoms with van der Waals surface area (Å²) in [7, 11) is 1.35. The van der Waals surface area contributed by atoms with E-state index in [0.29, 0.717) is 42.2 Å². The van der Waals surface area contributed by atoms with Gasteiger partial charge in [-0.1, -0.05) is 12.1 Å². The topological polar surface area (TPSA) is 97.8 Å². The number of hydrogen-bond acceptors (Lipinski definition) is 7. The Morgan fingerprint density at radius 2 is 1.71 bits per heavy atom. The van der Waals surface area contributed by atoms with Crippen molar-refractivity contribution in [3.05, 3.63) is 77.5 Å². The fourth-order valence-electron chi connectivity index (χ4n) is 4.38. The van der Waals surface area contributed by atoms with Crippen LogP contribution < -0.4 is 14.8 Å². The van der Waals surface area contributed by atoms with E-state index in [0.717, 1.165) is 25.0 Å². The summed E-state index contributed by atoms with van der Waals surface area (Å²) < 4.78 is 52.0. The van der Waals surface area contributed by atoms with Gasteiger partial charge in [0.1, 0.15) is 35.0 Å². The number of pyridine rings is 1. The summed E-state index contributed by atoms with van der Waals surface area (Å²) in [5, 5.41) is 2.76. The number of benzene rings is 2. The number of carbonyl (C=O) groups excluding carboxylic acids is 3. The molecule has 0 atom stereocenters. The Morgan fingerprint density at radius 1 is 0.976 bits per heavy atom. The number of halogens is 3. The van der Waals surface area contributed by atoms with Gasteiger partial charge < -0.3 is 24.4 Å². The third-order valence-corrected chi connectivity index (χ3v) is 6.64. The van der Waals surface area contributed by atoms with Gasteiger partial charge in [-0.2, -0.15) is 13.2 Å². The molecule has 1 aromatic heterocycles. The molecule has 2 heterocycles. The number of rotatable bonds is 12. The van der Waals surface area contributed by atoms with Gasteiger partial charge in [0.25, 0.3) is 7.41 Å². The molecule has 12 heteroatoms. The summed E-state index contributed by atoms with van der Waals surface area (Å²) in [6, 6.07) is 13.4. The highest BCUT2D eigenvalue weighted by Crippen LogP contribution is 2.34. The third-order valence-electron chi connectivity index (χ3n) is 6.64. The largest absolute Gasteiger partial charge is 0.488 e. The van der Waals surface area contributed by atoms with Crippen molar-refractivity contribution >= 4 is 31.1 Å². The fourth-order valence-corrected chi connectivity index (χ4v) is 4.38. The molecule has 0 unspecified atom stereocenters. The van der Waals surface area contributed by atoms with Crippen LogP contribution in [0, 0.1) is 5.92 Å². The Kier molecular flexibility index (Phi) is 8.39. The first-order chi connectivity index (χ1) is 19.6. The van der Waals surface area contributed by atoms with Crippen molar-refractivity contribution in [3.8, 4) is 17.2 Å². The minimum Gasteiger partial charge on any atom is -0.488 e. The van der Waals surface area contributed by atoms with E-state index in [2.05, 4.69) is 10.3 Å². The molecule has 41 heavy (non-hydrogen) atoms. The quantitative estimate of drug-likeness (QED) is 0.256. The Morgan fingerprint density at radius 3 is 2.39 bits per heavy atom. The lowest BCUT2D eigenvalue weighted by Gasteiger charge is -2.38. The maximum atomic E-state index is 13.5. The number of amides is 1. The molecule has 0 bridgehead atoms. The number of ether oxygens (including phenoxy) is 2. The number of nitrogens with zero attached hydrogens (tertiary/aromatic N) is 2. The lowest BCUT2D eigenvalue weighted by atomic mass is 9.89. The zero-order valence-corrected chi connectivity index (χ0v) is 21.9. The molecule has 5 rings (SSSR count). The predicted octanol–water partition coefficient (Wildman–Crippen LogP) is 4.47. The average molecular weight is 564 g/mol. The maximum Gasteiger partial charge on any atom is 0.416 e. The lowest BCUT2D eigenvalue weighted by Crippen LogP contribution is -2.55. The van der Waals surface area contributed by atoms with Gasteiger partial charge in [-0.05, 0) is 60.4 Å². The zero-order chi connectivity index (χ0) is 29.0. The van der Waals surface area contributed by atoms with Crippen LogP contribution in [0.3, 0.4) is 0 Å². The maximum absolute atomic E-state index is 13.5. The summed E-state index contributed by atoms with van der Waals surface area (Å²) in [5.41, 5.74) is -0.00195. The van der Waals surface area contributed by atoms with Crippen molar-refractivity contribution in [2.24, 2.45) is 5.92 Å². The number of carbonyl (C=O) groups is 3. The van der Waals surface area contributed by atoms with Crippen molar-refractivity contribution < 1.29 is 37.0 Å². The van der Waals surface area contributed by atoms with Gasteiger partial charge in [0.05, 0.1) is 11.7 Å². The summed E-state index contributed by atoms with van der Waals surface area (Å²) in [4.78, 5) is 41.1. The molecule has 1 amide bonds. The SMILES string of the molecule is O=C[B]N1CC(Oc2cc(CC(=O)Cc3ccc(Oc4ccnc(NC(=O)C5CC5)c4)cc3)cc(C(F)(F)F)c2)C1. The van der Waals surface area contributed by atoms with Crippen LogP contribution in [-0.4, -0.2) is 54.3 Å². The summed E-state index contributed by atoms with van der Waals surface area (Å²) in [6.07, 6.45) is -1.17. The number of alkyl halides is 3. The van der Waals surface area contributed by atoms with Crippen LogP contribution in [0.1, 0.15) is 29.5 Å². The van der Waals surface area contributed by atoms with Gasteiger partial charge in [0.2, 0.25) is 5.91 Å². The molecule has 1 aliphatic carbocycles. The molecule has 3 aromatic rings. The van der Waals surface area contributed by atoms with E-state index in [1.165, 1.54) is 19.7 Å². The average Bonchev–Trinajstić information content (AvgIpc) is 3.74. The molecule has 1 saturated carbocycles. The lowest BCUT2D eigenvalue weighted by molar-refractivity contribution is -0.138. The first-order valence-electron chi connectivity index (χ1n) is 13.1. The fraction of sp³-hybridized carbons (Fsp3) is 0.310. The van der Waals surface area contributed by atoms with Gasteiger partial charge in [-0.25, -0.2) is 4.98 Å². The van der Waals surface area contributed by atoms with E-state index in [-0.39, 0.29) is 47.9 Å². The van der Waals surface area contributed by atoms with Crippen LogP contribution in [-0.2, 0) is 33.4 Å². The van der Waals surface area contributed by atoms with E-state index in [1.54, 1.807) is 41.2 Å². The Labute approximate surface area is 235 Å². The molecule has 1 N–H and O–H groups in total. The van der Waals surface area contributed by atoms with Crippen LogP contribution in [0.25, 0.3) is 0 Å². The normalized spacial score (nSPS) is 15.5. The van der Waals surface area contributed by atoms with Gasteiger partial charge >= 0.3 is 6.18 Å². The first kappa shape index (κ1) is 28.3. The molecular weight excluding hydrogens is 538 g/mol. The zero-order valence-electron chi connectivity index (χ0n) is 21.9. The number of anilines is 1. The predicted molar refractivity (Wildman–Crippen MR) is 144 cm³/mol. The van der Waals surface area contributed by atoms with Crippen molar-refractivity contribution in [3.63, 3.8) is 0 Å². The Bertz CT molecular complexity index is 1420. The van der Waals surface area contributed by atoms with Crippen LogP contribution in [0.15, 0.2) is 60.8 Å². The second kappa shape index (κ2) is 12.1. The highest BCUT2D eigenvalue weighted by atomic mass is 19.4. The van der Waals surface area contributed by atoms with Gasteiger partial charge in [-0.3, -0.25) is 9.59 Å². The molecule has 8 nitrogen and oxygen atoms in total. The summed E-state index contributed by atoms with van der Waals surface area (Å²) in [5.74, 6) is 1.15. The van der Waals surface area contributed by atoms with E-state index in [1.807, 2.05) is 0 Å². The molecule has 1 aliphatic heterocycles. The van der Waals surface area contributed by atoms with Crippen LogP contribution in [0.4, 0.5) is 19.0 Å². The second-order valence-corrected chi connectivity index (χ2v) is 10.1. The van der Waals surface area contributed by atoms with Crippen LogP contribution in [0.2, 0.25) is 0 Å². The standard InChI is InChI=1S/C29H26BF3N3O5/c31-29(32,33)21-9-19(12-25(13-21)41-26-15-36(16-26)30-17-37)11-22(38)10-18-1-5-23(6-2-18)40-24-7-8-34-27(14-24)35-28(39)20-3-4-20/h1-2,5-9,12-14,17,20,26H,3-4,10-11,15-16H2,(H,34,35,39). The van der Waals surface area contributed by atoms with Crippen LogP contribution in [0.5, 0.6) is 17.2 Å². The van der Waals surface area contributed by atoms with Crippen molar-refractivity contribution in [2.75, 3.05) is 18.4 Å². The van der Waals surface area contributed by atoms with Crippen molar-refractivity contribution in [1.82, 2.24) is 9.79 Å². The summed E-state index contributed by atoms with van der Waals surface area (Å²) in [6.45, 7) is 0.782. The number of aromatic nitrogens is 1. The summed E-state index contributed by atoms with van der Waals surface area (Å²) >= 11 is 0. The van der Waals surface area contributed by atoms with Gasteiger partial charge in [0, 0.05) is 44.1 Å². The molecule has 1 saturated heterocycles. The molecule has 2 aromatic carbocycles. The molecule has 2 aliphatic rings. The van der Waals surface area contributed by atoms with E-state index >= 15 is 0 Å². The molecule has 0 spiro atoms. The number of Topliss-reactive ketones (excluding diaryl/α,β-unsaturated/α-hetero) is 1. The molecule has 211 valence electrons. The van der Waals surface area contributed by atoms with Gasteiger partial charge in [-0.15, -0.1) is 0 Å². The Hall–Kier alpha value is -4.19. The number of ketones is 1. The minimum atomic E-state index is -4.59. The van der Waals surface area contributed by atoms with E-state index in [4.69, 9.17) is 9.47 Å². The second-order valence-electron chi connectivity index (χ2n) is 10.1. The highest BCUT2D eigenvalue weighted by Gasteiger charge is 2.33. The molecular formula is C29H26BF3N3O5. The van der Waals surface area contributed by atoms with Crippen molar-refractivity contribution in [2.45, 2.75) is 38.0 Å². The monoisotopic (exact) mass is 564 g/mol. The van der Waals surface area contributed by atoms with Crippen molar-refractivity contribution in [1.29, 1.82) is 0 Å². The smallest absolute Gasteiger partial charge is 0.416 e. The number of hydrogen-bond donors (Lipinski definition) is 1. The highest BCUT2D eigenvalue weighted by molar-refractivity contribution is 6.64. The van der Waals surface area contributed by atoms with E-state index in [9.17, 15) is 27.6 Å². The molecule has 1 radical (unpaired) electrons. The molecule has 2 fully saturated rings. The third kappa shape index (κ3) is 7.94. The van der Waals surface area contributed by atoms with E-state index < -0.39 is 11.7 Å². The van der Waals surface area contributed by atoms with Gasteiger partial charge in [0.15, 0.2) is 0 Å². The van der Waals surface area contributed by atoms with Crippen LogP contribution >= 0.6 is 0 Å². The minimum absolute atomic E-state index is 0.0262. The Balaban J connectivity index is 1.18. The first-order valence-corrected chi connectivity index (χ1v) is 13.1. The number of nitrogens with one attached hydrogen (secondary N) is 1.